The first-order chi connectivity index (χ1) is 20.0. The summed E-state index contributed by atoms with van der Waals surface area (Å²) in [5.41, 5.74) is 5.10. The molecule has 8 nitrogen and oxygen atoms in total. The molecule has 0 spiro atoms. The average molecular weight is 626 g/mol. The Balaban J connectivity index is 1.25. The van der Waals surface area contributed by atoms with Crippen LogP contribution in [-0.2, 0) is 32.1 Å². The molecule has 1 aliphatic rings. The van der Waals surface area contributed by atoms with Gasteiger partial charge in [0, 0.05) is 30.8 Å². The molecule has 2 heterocycles. The van der Waals surface area contributed by atoms with Gasteiger partial charge >= 0.3 is 16.1 Å². The SMILES string of the molecule is CCc1c(CN2CC(C(=O)OS(=O)(=O)c3ccc(C)cc3)C2)cccc1-c1nnc(-c2ccc(OC(C)C)c(Cl)c2)s1. The number of likely N-dealkylation sites (tertiary alicyclic amines) is 1. The van der Waals surface area contributed by atoms with Gasteiger partial charge in [0.05, 0.1) is 17.0 Å². The largest absolute Gasteiger partial charge is 0.489 e. The van der Waals surface area contributed by atoms with Crippen LogP contribution in [0.5, 0.6) is 5.75 Å². The minimum atomic E-state index is -4.14. The second-order valence-corrected chi connectivity index (χ2v) is 13.5. The maximum atomic E-state index is 12.6. The van der Waals surface area contributed by atoms with Crippen LogP contribution in [0.15, 0.2) is 65.6 Å². The number of hydrogen-bond donors (Lipinski definition) is 0. The summed E-state index contributed by atoms with van der Waals surface area (Å²) in [6, 6.07) is 18.0. The van der Waals surface area contributed by atoms with E-state index in [-0.39, 0.29) is 11.0 Å². The van der Waals surface area contributed by atoms with Gasteiger partial charge in [-0.05, 0) is 68.7 Å². The second-order valence-electron chi connectivity index (χ2n) is 10.6. The highest BCUT2D eigenvalue weighted by atomic mass is 35.5. The van der Waals surface area contributed by atoms with Crippen molar-refractivity contribution in [2.24, 2.45) is 5.92 Å². The van der Waals surface area contributed by atoms with Crippen LogP contribution in [0.4, 0.5) is 0 Å². The standard InChI is InChI=1S/C31H32ClN3O5S2/c1-5-25-22(16-35-17-23(18-35)31(36)40-42(37,38)24-12-9-20(4)10-13-24)7-6-8-26(25)30-34-33-29(41-30)21-11-14-28(27(32)15-21)39-19(2)3/h6-15,19,23H,5,16-18H2,1-4H3. The van der Waals surface area contributed by atoms with E-state index in [9.17, 15) is 13.2 Å². The Morgan fingerprint density at radius 1 is 1.07 bits per heavy atom. The molecule has 1 aliphatic heterocycles. The highest BCUT2D eigenvalue weighted by Gasteiger charge is 2.37. The zero-order valence-corrected chi connectivity index (χ0v) is 26.2. The van der Waals surface area contributed by atoms with Crippen molar-refractivity contribution in [2.45, 2.75) is 51.7 Å². The first kappa shape index (κ1) is 30.2. The van der Waals surface area contributed by atoms with Gasteiger partial charge in [-0.3, -0.25) is 9.69 Å². The van der Waals surface area contributed by atoms with Crippen molar-refractivity contribution in [3.8, 4) is 26.9 Å². The number of aryl methyl sites for hydroxylation is 1. The smallest absolute Gasteiger partial charge is 0.341 e. The Bertz CT molecular complexity index is 1700. The normalized spacial score (nSPS) is 14.1. The van der Waals surface area contributed by atoms with Gasteiger partial charge in [0.2, 0.25) is 0 Å². The number of carbonyl (C=O) groups is 1. The molecule has 1 aromatic heterocycles. The Morgan fingerprint density at radius 3 is 2.45 bits per heavy atom. The Kier molecular flexibility index (Phi) is 8.98. The molecule has 1 fully saturated rings. The maximum absolute atomic E-state index is 12.6. The predicted octanol–water partition coefficient (Wildman–Crippen LogP) is 6.55. The number of rotatable bonds is 10. The Morgan fingerprint density at radius 2 is 1.79 bits per heavy atom. The number of halogens is 1. The van der Waals surface area contributed by atoms with Gasteiger partial charge in [-0.25, -0.2) is 0 Å². The monoisotopic (exact) mass is 625 g/mol. The summed E-state index contributed by atoms with van der Waals surface area (Å²) in [7, 11) is -4.14. The number of benzene rings is 3. The van der Waals surface area contributed by atoms with Crippen molar-refractivity contribution in [2.75, 3.05) is 13.1 Å². The van der Waals surface area contributed by atoms with Crippen LogP contribution in [0.2, 0.25) is 5.02 Å². The van der Waals surface area contributed by atoms with Crippen molar-refractivity contribution < 1.29 is 22.1 Å². The first-order valence-corrected chi connectivity index (χ1v) is 16.3. The highest BCUT2D eigenvalue weighted by Crippen LogP contribution is 2.37. The first-order valence-electron chi connectivity index (χ1n) is 13.7. The molecule has 0 unspecified atom stereocenters. The van der Waals surface area contributed by atoms with Gasteiger partial charge in [-0.1, -0.05) is 65.8 Å². The van der Waals surface area contributed by atoms with Crippen LogP contribution in [-0.4, -0.2) is 48.7 Å². The molecule has 4 aromatic rings. The summed E-state index contributed by atoms with van der Waals surface area (Å²) in [6.07, 6.45) is 0.819. The van der Waals surface area contributed by atoms with Crippen molar-refractivity contribution in [1.82, 2.24) is 15.1 Å². The molecule has 0 N–H and O–H groups in total. The van der Waals surface area contributed by atoms with Crippen molar-refractivity contribution >= 4 is 39.0 Å². The van der Waals surface area contributed by atoms with Gasteiger partial charge in [-0.15, -0.1) is 10.2 Å². The number of aromatic nitrogens is 2. The molecule has 0 aliphatic carbocycles. The van der Waals surface area contributed by atoms with Crippen LogP contribution >= 0.6 is 22.9 Å². The van der Waals surface area contributed by atoms with Crippen LogP contribution in [0.1, 0.15) is 37.5 Å². The molecule has 0 saturated carbocycles. The van der Waals surface area contributed by atoms with E-state index >= 15 is 0 Å². The average Bonchev–Trinajstić information content (AvgIpc) is 3.41. The summed E-state index contributed by atoms with van der Waals surface area (Å²) in [5, 5.41) is 11.0. The summed E-state index contributed by atoms with van der Waals surface area (Å²) < 4.78 is 35.7. The van der Waals surface area contributed by atoms with Crippen molar-refractivity contribution in [1.29, 1.82) is 0 Å². The lowest BCUT2D eigenvalue weighted by Gasteiger charge is -2.37. The fraction of sp³-hybridized carbons (Fsp3) is 0.323. The highest BCUT2D eigenvalue weighted by molar-refractivity contribution is 7.87. The molecule has 0 radical (unpaired) electrons. The Labute approximate surface area is 255 Å². The lowest BCUT2D eigenvalue weighted by Crippen LogP contribution is -2.50. The van der Waals surface area contributed by atoms with Crippen LogP contribution in [0, 0.1) is 12.8 Å². The quantitative estimate of drug-likeness (QED) is 0.183. The van der Waals surface area contributed by atoms with Gasteiger partial charge in [0.1, 0.15) is 20.7 Å². The number of carbonyl (C=O) groups excluding carboxylic acids is 1. The minimum absolute atomic E-state index is 0.0254. The van der Waals surface area contributed by atoms with Crippen molar-refractivity contribution in [3.05, 3.63) is 82.4 Å². The van der Waals surface area contributed by atoms with E-state index in [1.165, 1.54) is 23.5 Å². The number of ether oxygens (including phenoxy) is 1. The minimum Gasteiger partial charge on any atom is -0.489 e. The third-order valence-corrected chi connectivity index (χ3v) is 9.54. The molecule has 1 saturated heterocycles. The van der Waals surface area contributed by atoms with E-state index in [1.54, 1.807) is 12.1 Å². The molecular formula is C31H32ClN3O5S2. The number of hydrogen-bond acceptors (Lipinski definition) is 9. The van der Waals surface area contributed by atoms with Crippen LogP contribution < -0.4 is 4.74 Å². The molecule has 42 heavy (non-hydrogen) atoms. The summed E-state index contributed by atoms with van der Waals surface area (Å²) >= 11 is 7.95. The molecule has 3 aromatic carbocycles. The van der Waals surface area contributed by atoms with E-state index in [0.29, 0.717) is 30.4 Å². The lowest BCUT2D eigenvalue weighted by atomic mass is 9.95. The van der Waals surface area contributed by atoms with E-state index < -0.39 is 22.0 Å². The molecule has 220 valence electrons. The van der Waals surface area contributed by atoms with Crippen LogP contribution in [0.3, 0.4) is 0 Å². The van der Waals surface area contributed by atoms with Gasteiger partial charge in [-0.2, -0.15) is 8.42 Å². The summed E-state index contributed by atoms with van der Waals surface area (Å²) in [4.78, 5) is 14.7. The van der Waals surface area contributed by atoms with Crippen LogP contribution in [0.25, 0.3) is 21.1 Å². The number of nitrogens with zero attached hydrogens (tertiary/aromatic N) is 3. The summed E-state index contributed by atoms with van der Waals surface area (Å²) in [5.74, 6) is -0.578. The molecule has 0 amide bonds. The second kappa shape index (κ2) is 12.5. The van der Waals surface area contributed by atoms with E-state index in [0.717, 1.165) is 44.3 Å². The Hall–Kier alpha value is -3.31. The third kappa shape index (κ3) is 6.67. The fourth-order valence-electron chi connectivity index (χ4n) is 4.85. The van der Waals surface area contributed by atoms with E-state index in [1.807, 2.05) is 51.1 Å². The van der Waals surface area contributed by atoms with Gasteiger partial charge < -0.3 is 8.92 Å². The van der Waals surface area contributed by atoms with E-state index in [4.69, 9.17) is 20.5 Å². The topological polar surface area (TPSA) is 98.7 Å². The predicted molar refractivity (Wildman–Crippen MR) is 164 cm³/mol. The maximum Gasteiger partial charge on any atom is 0.341 e. The molecule has 11 heteroatoms. The van der Waals surface area contributed by atoms with Crippen molar-refractivity contribution in [3.63, 3.8) is 0 Å². The zero-order chi connectivity index (χ0) is 30.0. The van der Waals surface area contributed by atoms with Gasteiger partial charge in [0.25, 0.3) is 0 Å². The lowest BCUT2D eigenvalue weighted by molar-refractivity contribution is -0.144. The zero-order valence-electron chi connectivity index (χ0n) is 23.8. The molecular weight excluding hydrogens is 594 g/mol. The third-order valence-electron chi connectivity index (χ3n) is 7.01. The molecule has 5 rings (SSSR count). The van der Waals surface area contributed by atoms with E-state index in [2.05, 4.69) is 28.1 Å². The molecule has 0 atom stereocenters. The van der Waals surface area contributed by atoms with Gasteiger partial charge in [0.15, 0.2) is 0 Å². The summed E-state index contributed by atoms with van der Waals surface area (Å²) in [6.45, 7) is 9.35. The molecule has 0 bridgehead atoms. The fourth-order valence-corrected chi connectivity index (χ4v) is 6.89.